The first kappa shape index (κ1) is 12.7. The fourth-order valence-corrected chi connectivity index (χ4v) is 2.15. The van der Waals surface area contributed by atoms with Gasteiger partial charge in [-0.1, -0.05) is 0 Å². The number of rotatable bonds is 4. The first-order valence-electron chi connectivity index (χ1n) is 6.01. The maximum atomic E-state index is 12.4. The van der Waals surface area contributed by atoms with E-state index in [0.717, 1.165) is 18.4 Å². The number of aliphatic carboxylic acids is 1. The van der Waals surface area contributed by atoms with Gasteiger partial charge in [-0.15, -0.1) is 0 Å². The van der Waals surface area contributed by atoms with E-state index < -0.39 is 5.97 Å². The van der Waals surface area contributed by atoms with Crippen molar-refractivity contribution in [2.45, 2.75) is 39.7 Å². The minimum atomic E-state index is -0.981. The van der Waals surface area contributed by atoms with Crippen LogP contribution in [0.15, 0.2) is 4.42 Å². The van der Waals surface area contributed by atoms with E-state index in [4.69, 9.17) is 9.52 Å². The van der Waals surface area contributed by atoms with Gasteiger partial charge >= 0.3 is 5.97 Å². The predicted molar refractivity (Wildman–Crippen MR) is 64.6 cm³/mol. The van der Waals surface area contributed by atoms with Crippen molar-refractivity contribution in [2.24, 2.45) is 0 Å². The van der Waals surface area contributed by atoms with Crippen LogP contribution in [-0.2, 0) is 4.79 Å². The highest BCUT2D eigenvalue weighted by Gasteiger charge is 2.36. The van der Waals surface area contributed by atoms with Gasteiger partial charge in [0.1, 0.15) is 18.1 Å². The summed E-state index contributed by atoms with van der Waals surface area (Å²) in [6.45, 7) is 5.12. The van der Waals surface area contributed by atoms with Crippen molar-refractivity contribution in [1.29, 1.82) is 0 Å². The molecule has 1 N–H and O–H groups in total. The third-order valence-electron chi connectivity index (χ3n) is 3.33. The molecule has 1 aromatic rings. The molecular formula is C13H17NO4. The normalized spacial score (nSPS) is 14.6. The summed E-state index contributed by atoms with van der Waals surface area (Å²) in [4.78, 5) is 24.7. The Hall–Kier alpha value is -1.78. The number of carbonyl (C=O) groups is 2. The molecule has 0 saturated heterocycles. The highest BCUT2D eigenvalue weighted by Crippen LogP contribution is 2.30. The molecule has 0 atom stereocenters. The second-order valence-corrected chi connectivity index (χ2v) is 4.77. The molecule has 1 saturated carbocycles. The summed E-state index contributed by atoms with van der Waals surface area (Å²) < 4.78 is 5.43. The zero-order valence-electron chi connectivity index (χ0n) is 10.8. The van der Waals surface area contributed by atoms with E-state index in [9.17, 15) is 9.59 Å². The number of furan rings is 1. The Kier molecular flexibility index (Phi) is 3.15. The fourth-order valence-electron chi connectivity index (χ4n) is 2.15. The molecule has 98 valence electrons. The first-order chi connectivity index (χ1) is 8.41. The van der Waals surface area contributed by atoms with E-state index >= 15 is 0 Å². The van der Waals surface area contributed by atoms with Crippen molar-refractivity contribution in [3.05, 3.63) is 22.6 Å². The third-order valence-corrected chi connectivity index (χ3v) is 3.33. The van der Waals surface area contributed by atoms with E-state index in [2.05, 4.69) is 0 Å². The second kappa shape index (κ2) is 4.48. The lowest BCUT2D eigenvalue weighted by Gasteiger charge is -2.20. The molecule has 0 aliphatic heterocycles. The van der Waals surface area contributed by atoms with Crippen LogP contribution in [0.1, 0.15) is 40.3 Å². The van der Waals surface area contributed by atoms with Crippen molar-refractivity contribution in [3.63, 3.8) is 0 Å². The Labute approximate surface area is 105 Å². The van der Waals surface area contributed by atoms with E-state index in [1.54, 1.807) is 13.8 Å². The number of carbonyl (C=O) groups excluding carboxylic acids is 1. The number of nitrogens with zero attached hydrogens (tertiary/aromatic N) is 1. The van der Waals surface area contributed by atoms with Gasteiger partial charge < -0.3 is 14.4 Å². The molecule has 0 unspecified atom stereocenters. The van der Waals surface area contributed by atoms with Crippen molar-refractivity contribution in [3.8, 4) is 0 Å². The van der Waals surface area contributed by atoms with Crippen molar-refractivity contribution < 1.29 is 19.1 Å². The van der Waals surface area contributed by atoms with Crippen molar-refractivity contribution in [1.82, 2.24) is 4.90 Å². The Balaban J connectivity index is 2.30. The number of aryl methyl sites for hydroxylation is 2. The molecule has 5 nitrogen and oxygen atoms in total. The summed E-state index contributed by atoms with van der Waals surface area (Å²) in [6.07, 6.45) is 1.77. The smallest absolute Gasteiger partial charge is 0.323 e. The molecule has 1 aliphatic carbocycles. The van der Waals surface area contributed by atoms with Gasteiger partial charge in [0.15, 0.2) is 0 Å². The van der Waals surface area contributed by atoms with Gasteiger partial charge in [0.05, 0.1) is 5.56 Å². The molecule has 1 amide bonds. The standard InChI is InChI=1S/C13H17NO4/c1-7-8(2)18-9(3)12(7)13(17)14(6-11(15)16)10-4-5-10/h10H,4-6H2,1-3H3,(H,15,16). The minimum Gasteiger partial charge on any atom is -0.480 e. The molecule has 0 radical (unpaired) electrons. The maximum Gasteiger partial charge on any atom is 0.323 e. The van der Waals surface area contributed by atoms with Crippen LogP contribution in [0, 0.1) is 20.8 Å². The molecule has 18 heavy (non-hydrogen) atoms. The van der Waals surface area contributed by atoms with E-state index in [1.165, 1.54) is 4.90 Å². The Morgan fingerprint density at radius 1 is 1.28 bits per heavy atom. The maximum absolute atomic E-state index is 12.4. The number of carboxylic acid groups (broad SMARTS) is 1. The SMILES string of the molecule is Cc1oc(C)c(C(=O)N(CC(=O)O)C2CC2)c1C. The molecule has 0 bridgehead atoms. The highest BCUT2D eigenvalue weighted by atomic mass is 16.4. The van der Waals surface area contributed by atoms with Crippen LogP contribution < -0.4 is 0 Å². The summed E-state index contributed by atoms with van der Waals surface area (Å²) in [5.41, 5.74) is 1.31. The average Bonchev–Trinajstić information content (AvgIpc) is 3.05. The van der Waals surface area contributed by atoms with Crippen LogP contribution in [0.4, 0.5) is 0 Å². The molecule has 1 heterocycles. The summed E-state index contributed by atoms with van der Waals surface area (Å²) in [5.74, 6) is 0.0606. The van der Waals surface area contributed by atoms with Gasteiger partial charge in [-0.25, -0.2) is 0 Å². The first-order valence-corrected chi connectivity index (χ1v) is 6.01. The Bertz CT molecular complexity index is 499. The number of carboxylic acids is 1. The zero-order chi connectivity index (χ0) is 13.4. The molecule has 0 spiro atoms. The predicted octanol–water partition coefficient (Wildman–Crippen LogP) is 1.89. The topological polar surface area (TPSA) is 70.8 Å². The van der Waals surface area contributed by atoms with Gasteiger partial charge in [0.2, 0.25) is 0 Å². The quantitative estimate of drug-likeness (QED) is 0.887. The average molecular weight is 251 g/mol. The van der Waals surface area contributed by atoms with E-state index in [1.807, 2.05) is 6.92 Å². The van der Waals surface area contributed by atoms with E-state index in [0.29, 0.717) is 17.1 Å². The highest BCUT2D eigenvalue weighted by molar-refractivity contribution is 5.98. The molecule has 1 fully saturated rings. The van der Waals surface area contributed by atoms with Crippen LogP contribution in [0.25, 0.3) is 0 Å². The molecule has 0 aromatic carbocycles. The zero-order valence-corrected chi connectivity index (χ0v) is 10.8. The van der Waals surface area contributed by atoms with Crippen LogP contribution >= 0.6 is 0 Å². The molecule has 2 rings (SSSR count). The lowest BCUT2D eigenvalue weighted by molar-refractivity contribution is -0.137. The molecular weight excluding hydrogens is 234 g/mol. The van der Waals surface area contributed by atoms with Gasteiger partial charge in [0.25, 0.3) is 5.91 Å². The lowest BCUT2D eigenvalue weighted by atomic mass is 10.1. The number of hydrogen-bond acceptors (Lipinski definition) is 3. The third kappa shape index (κ3) is 2.25. The van der Waals surface area contributed by atoms with Crippen molar-refractivity contribution in [2.75, 3.05) is 6.54 Å². The van der Waals surface area contributed by atoms with Crippen LogP contribution in [0.5, 0.6) is 0 Å². The van der Waals surface area contributed by atoms with Crippen LogP contribution in [0.3, 0.4) is 0 Å². The van der Waals surface area contributed by atoms with Gasteiger partial charge in [-0.2, -0.15) is 0 Å². The van der Waals surface area contributed by atoms with Crippen molar-refractivity contribution >= 4 is 11.9 Å². The van der Waals surface area contributed by atoms with Gasteiger partial charge in [0, 0.05) is 11.6 Å². The van der Waals surface area contributed by atoms with E-state index in [-0.39, 0.29) is 18.5 Å². The largest absolute Gasteiger partial charge is 0.480 e. The minimum absolute atomic E-state index is 0.0719. The number of amides is 1. The van der Waals surface area contributed by atoms with Gasteiger partial charge in [-0.3, -0.25) is 9.59 Å². The molecule has 5 heteroatoms. The molecule has 1 aromatic heterocycles. The lowest BCUT2D eigenvalue weighted by Crippen LogP contribution is -2.37. The summed E-state index contributed by atoms with van der Waals surface area (Å²) >= 11 is 0. The summed E-state index contributed by atoms with van der Waals surface area (Å²) in [7, 11) is 0. The second-order valence-electron chi connectivity index (χ2n) is 4.77. The van der Waals surface area contributed by atoms with Crippen LogP contribution in [0.2, 0.25) is 0 Å². The fraction of sp³-hybridized carbons (Fsp3) is 0.538. The Morgan fingerprint density at radius 3 is 2.28 bits per heavy atom. The van der Waals surface area contributed by atoms with Gasteiger partial charge in [-0.05, 0) is 33.6 Å². The van der Waals surface area contributed by atoms with Crippen LogP contribution in [-0.4, -0.2) is 34.5 Å². The molecule has 1 aliphatic rings. The monoisotopic (exact) mass is 251 g/mol. The summed E-state index contributed by atoms with van der Waals surface area (Å²) in [5, 5.41) is 8.88. The summed E-state index contributed by atoms with van der Waals surface area (Å²) in [6, 6.07) is 0.0719. The number of hydrogen-bond donors (Lipinski definition) is 1. The Morgan fingerprint density at radius 2 is 1.89 bits per heavy atom.